The molecular formula is C20H28N2O3. The Morgan fingerprint density at radius 2 is 1.76 bits per heavy atom. The summed E-state index contributed by atoms with van der Waals surface area (Å²) in [6, 6.07) is 7.99. The van der Waals surface area contributed by atoms with Crippen LogP contribution in [0.3, 0.4) is 0 Å². The van der Waals surface area contributed by atoms with Gasteiger partial charge in [-0.05, 0) is 49.3 Å². The third kappa shape index (κ3) is 3.82. The molecule has 2 bridgehead atoms. The Morgan fingerprint density at radius 1 is 1.00 bits per heavy atom. The Morgan fingerprint density at radius 3 is 2.52 bits per heavy atom. The first kappa shape index (κ1) is 16.9. The average Bonchev–Trinajstić information content (AvgIpc) is 2.96. The highest BCUT2D eigenvalue weighted by Gasteiger charge is 2.39. The fourth-order valence-corrected chi connectivity index (χ4v) is 4.66. The summed E-state index contributed by atoms with van der Waals surface area (Å²) in [6.45, 7) is 4.80. The maximum absolute atomic E-state index is 12.9. The highest BCUT2D eigenvalue weighted by molar-refractivity contribution is 5.79. The van der Waals surface area contributed by atoms with Gasteiger partial charge in [0.1, 0.15) is 5.75 Å². The number of hydrogen-bond acceptors (Lipinski definition) is 4. The first-order chi connectivity index (χ1) is 12.2. The van der Waals surface area contributed by atoms with Crippen molar-refractivity contribution in [3.8, 4) is 5.75 Å². The van der Waals surface area contributed by atoms with Crippen molar-refractivity contribution in [2.24, 2.45) is 5.92 Å². The van der Waals surface area contributed by atoms with Gasteiger partial charge in [-0.1, -0.05) is 12.1 Å². The Kier molecular flexibility index (Phi) is 4.95. The smallest absolute Gasteiger partial charge is 0.227 e. The Labute approximate surface area is 149 Å². The third-order valence-electron chi connectivity index (χ3n) is 6.06. The van der Waals surface area contributed by atoms with E-state index in [9.17, 15) is 9.90 Å². The minimum Gasteiger partial charge on any atom is -0.508 e. The number of nitrogens with zero attached hydrogens (tertiary/aromatic N) is 2. The van der Waals surface area contributed by atoms with Crippen molar-refractivity contribution in [2.75, 3.05) is 32.8 Å². The van der Waals surface area contributed by atoms with Crippen molar-refractivity contribution in [1.29, 1.82) is 0 Å². The lowest BCUT2D eigenvalue weighted by molar-refractivity contribution is -0.134. The molecule has 4 aliphatic rings. The number of phenols is 1. The van der Waals surface area contributed by atoms with E-state index in [1.807, 2.05) is 12.1 Å². The van der Waals surface area contributed by atoms with Gasteiger partial charge in [0.15, 0.2) is 0 Å². The molecule has 5 heteroatoms. The van der Waals surface area contributed by atoms with Gasteiger partial charge in [0, 0.05) is 44.9 Å². The van der Waals surface area contributed by atoms with Crippen molar-refractivity contribution < 1.29 is 14.6 Å². The second-order valence-electron chi connectivity index (χ2n) is 7.78. The molecule has 136 valence electrons. The summed E-state index contributed by atoms with van der Waals surface area (Å²) in [4.78, 5) is 17.7. The van der Waals surface area contributed by atoms with Crippen LogP contribution in [0.25, 0.3) is 0 Å². The molecule has 1 amide bonds. The molecule has 4 fully saturated rings. The van der Waals surface area contributed by atoms with E-state index in [1.54, 1.807) is 12.1 Å². The molecule has 2 atom stereocenters. The standard InChI is InChI=1S/C20H28N2O3/c23-19-5-2-15(3-6-19)11-20(24)22-13-16-1-4-18(22)14-21(12-16)17-7-9-25-10-8-17/h2-3,5-6,16-18,23H,1,4,7-14H2/t16-,18+/m1/s1. The number of benzene rings is 1. The van der Waals surface area contributed by atoms with Gasteiger partial charge in [0.25, 0.3) is 0 Å². The molecule has 0 unspecified atom stereocenters. The highest BCUT2D eigenvalue weighted by atomic mass is 16.5. The Hall–Kier alpha value is -1.59. The van der Waals surface area contributed by atoms with Gasteiger partial charge in [-0.2, -0.15) is 0 Å². The molecule has 0 aliphatic carbocycles. The van der Waals surface area contributed by atoms with Gasteiger partial charge in [0.05, 0.1) is 6.42 Å². The summed E-state index contributed by atoms with van der Waals surface area (Å²) in [7, 11) is 0. The zero-order valence-electron chi connectivity index (χ0n) is 14.8. The van der Waals surface area contributed by atoms with Crippen LogP contribution in [-0.4, -0.2) is 65.7 Å². The number of piperidine rings is 1. The summed E-state index contributed by atoms with van der Waals surface area (Å²) >= 11 is 0. The minimum atomic E-state index is 0.231. The molecule has 0 saturated carbocycles. The van der Waals surface area contributed by atoms with Crippen molar-refractivity contribution in [2.45, 2.75) is 44.2 Å². The summed E-state index contributed by atoms with van der Waals surface area (Å²) in [5, 5.41) is 9.41. The molecule has 25 heavy (non-hydrogen) atoms. The van der Waals surface area contributed by atoms with Gasteiger partial charge in [0.2, 0.25) is 5.91 Å². The normalized spacial score (nSPS) is 28.1. The van der Waals surface area contributed by atoms with E-state index in [-0.39, 0.29) is 11.7 Å². The number of aromatic hydroxyl groups is 1. The second-order valence-corrected chi connectivity index (χ2v) is 7.78. The monoisotopic (exact) mass is 344 g/mol. The van der Waals surface area contributed by atoms with Crippen LogP contribution in [0, 0.1) is 5.92 Å². The van der Waals surface area contributed by atoms with Crippen LogP contribution in [0.1, 0.15) is 31.2 Å². The quantitative estimate of drug-likeness (QED) is 0.912. The first-order valence-electron chi connectivity index (χ1n) is 9.58. The Bertz CT molecular complexity index is 597. The average molecular weight is 344 g/mol. The van der Waals surface area contributed by atoms with Gasteiger partial charge in [-0.3, -0.25) is 9.69 Å². The molecule has 4 heterocycles. The topological polar surface area (TPSA) is 53.0 Å². The Balaban J connectivity index is 1.42. The number of hydrogen-bond donors (Lipinski definition) is 1. The fourth-order valence-electron chi connectivity index (χ4n) is 4.66. The maximum atomic E-state index is 12.9. The van der Waals surface area contributed by atoms with Crippen LogP contribution in [0.15, 0.2) is 24.3 Å². The molecule has 0 radical (unpaired) electrons. The lowest BCUT2D eigenvalue weighted by atomic mass is 9.94. The van der Waals surface area contributed by atoms with Crippen molar-refractivity contribution in [3.63, 3.8) is 0 Å². The van der Waals surface area contributed by atoms with E-state index in [0.717, 1.165) is 57.7 Å². The van der Waals surface area contributed by atoms with Crippen LogP contribution < -0.4 is 0 Å². The number of ether oxygens (including phenoxy) is 1. The van der Waals surface area contributed by atoms with Crippen molar-refractivity contribution >= 4 is 5.91 Å². The molecule has 1 aromatic rings. The predicted octanol–water partition coefficient (Wildman–Crippen LogP) is 2.04. The predicted molar refractivity (Wildman–Crippen MR) is 95.4 cm³/mol. The number of amides is 1. The van der Waals surface area contributed by atoms with E-state index < -0.39 is 0 Å². The summed E-state index contributed by atoms with van der Waals surface area (Å²) in [5.41, 5.74) is 0.976. The fraction of sp³-hybridized carbons (Fsp3) is 0.650. The zero-order valence-corrected chi connectivity index (χ0v) is 14.8. The molecule has 1 N–H and O–H groups in total. The third-order valence-corrected chi connectivity index (χ3v) is 6.06. The number of fused-ring (bicyclic) bond motifs is 4. The molecule has 1 aromatic carbocycles. The number of rotatable bonds is 3. The number of phenolic OH excluding ortho intramolecular Hbond substituents is 1. The molecule has 4 saturated heterocycles. The van der Waals surface area contributed by atoms with Crippen molar-refractivity contribution in [1.82, 2.24) is 9.80 Å². The molecular weight excluding hydrogens is 316 g/mol. The molecule has 5 rings (SSSR count). The lowest BCUT2D eigenvalue weighted by Gasteiger charge is -2.37. The van der Waals surface area contributed by atoms with Crippen LogP contribution in [0.2, 0.25) is 0 Å². The van der Waals surface area contributed by atoms with Crippen molar-refractivity contribution in [3.05, 3.63) is 29.8 Å². The summed E-state index contributed by atoms with van der Waals surface area (Å²) in [5.74, 6) is 1.08. The van der Waals surface area contributed by atoms with Gasteiger partial charge >= 0.3 is 0 Å². The lowest BCUT2D eigenvalue weighted by Crippen LogP contribution is -2.49. The van der Waals surface area contributed by atoms with Crippen LogP contribution in [0.5, 0.6) is 5.75 Å². The summed E-state index contributed by atoms with van der Waals surface area (Å²) in [6.07, 6.45) is 5.06. The second kappa shape index (κ2) is 7.34. The maximum Gasteiger partial charge on any atom is 0.227 e. The summed E-state index contributed by atoms with van der Waals surface area (Å²) < 4.78 is 5.52. The molecule has 4 aliphatic heterocycles. The highest BCUT2D eigenvalue weighted by Crippen LogP contribution is 2.31. The molecule has 0 aromatic heterocycles. The van der Waals surface area contributed by atoms with Gasteiger partial charge in [-0.25, -0.2) is 0 Å². The zero-order chi connectivity index (χ0) is 17.2. The first-order valence-corrected chi connectivity index (χ1v) is 9.58. The largest absolute Gasteiger partial charge is 0.508 e. The molecule has 0 spiro atoms. The number of carbonyl (C=O) groups is 1. The van der Waals surface area contributed by atoms with Gasteiger partial charge < -0.3 is 14.7 Å². The van der Waals surface area contributed by atoms with E-state index in [1.165, 1.54) is 6.42 Å². The van der Waals surface area contributed by atoms with E-state index in [2.05, 4.69) is 9.80 Å². The van der Waals surface area contributed by atoms with E-state index in [4.69, 9.17) is 4.74 Å². The van der Waals surface area contributed by atoms with Crippen LogP contribution in [0.4, 0.5) is 0 Å². The van der Waals surface area contributed by atoms with E-state index in [0.29, 0.717) is 24.4 Å². The molecule has 5 nitrogen and oxygen atoms in total. The van der Waals surface area contributed by atoms with E-state index >= 15 is 0 Å². The number of carbonyl (C=O) groups excluding carboxylic acids is 1. The minimum absolute atomic E-state index is 0.231. The van der Waals surface area contributed by atoms with Gasteiger partial charge in [-0.15, -0.1) is 0 Å². The van der Waals surface area contributed by atoms with Crippen LogP contribution >= 0.6 is 0 Å². The van der Waals surface area contributed by atoms with Crippen LogP contribution in [-0.2, 0) is 16.0 Å². The SMILES string of the molecule is O=C(Cc1ccc(O)cc1)N1C[C@@H]2CC[C@H]1CN(C1CCOCC1)C2.